The molecule has 0 heterocycles. The fraction of sp³-hybridized carbons (Fsp3) is 0.500. The smallest absolute Gasteiger partial charge is 0.134 e. The second-order valence-corrected chi connectivity index (χ2v) is 5.28. The molecular weight excluding hydrogens is 198 g/mol. The summed E-state index contributed by atoms with van der Waals surface area (Å²) >= 11 is 0. The minimum absolute atomic E-state index is 0.113. The molecule has 0 N–H and O–H groups in total. The van der Waals surface area contributed by atoms with Gasteiger partial charge in [0.1, 0.15) is 5.78 Å². The Bertz CT molecular complexity index is 359. The van der Waals surface area contributed by atoms with Gasteiger partial charge in [0, 0.05) is 24.7 Å². The van der Waals surface area contributed by atoms with E-state index >= 15 is 0 Å². The third-order valence-electron chi connectivity index (χ3n) is 2.78. The molecule has 1 aromatic carbocycles. The third-order valence-corrected chi connectivity index (χ3v) is 2.78. The van der Waals surface area contributed by atoms with Crippen molar-refractivity contribution < 1.29 is 4.79 Å². The summed E-state index contributed by atoms with van der Waals surface area (Å²) in [5.41, 5.74) is 2.38. The molecule has 0 amide bonds. The lowest BCUT2D eigenvalue weighted by Crippen LogP contribution is -2.37. The van der Waals surface area contributed by atoms with Gasteiger partial charge >= 0.3 is 0 Å². The molecule has 0 saturated carbocycles. The van der Waals surface area contributed by atoms with Gasteiger partial charge in [-0.25, -0.2) is 0 Å². The van der Waals surface area contributed by atoms with Crippen LogP contribution in [0.3, 0.4) is 0 Å². The van der Waals surface area contributed by atoms with Gasteiger partial charge in [0.2, 0.25) is 0 Å². The second kappa shape index (κ2) is 4.69. The maximum Gasteiger partial charge on any atom is 0.134 e. The predicted octanol–water partition coefficient (Wildman–Crippen LogP) is 3.05. The zero-order valence-electron chi connectivity index (χ0n) is 10.9. The van der Waals surface area contributed by atoms with E-state index < -0.39 is 0 Å². The van der Waals surface area contributed by atoms with Crippen LogP contribution in [0.4, 0.5) is 5.69 Å². The van der Waals surface area contributed by atoms with Crippen LogP contribution in [0.25, 0.3) is 0 Å². The number of ketones is 1. The molecule has 16 heavy (non-hydrogen) atoms. The van der Waals surface area contributed by atoms with E-state index in [4.69, 9.17) is 0 Å². The lowest BCUT2D eigenvalue weighted by atomic mass is 10.0. The SMILES string of the molecule is CC(=O)Cc1ccc(N(C)C(C)(C)C)cc1. The van der Waals surface area contributed by atoms with Gasteiger partial charge in [-0.05, 0) is 45.4 Å². The molecule has 1 rings (SSSR count). The zero-order valence-corrected chi connectivity index (χ0v) is 10.9. The predicted molar refractivity (Wildman–Crippen MR) is 69.0 cm³/mol. The molecule has 0 bridgehead atoms. The molecule has 0 atom stereocenters. The average Bonchev–Trinajstić information content (AvgIpc) is 2.15. The molecule has 2 heteroatoms. The van der Waals surface area contributed by atoms with Gasteiger partial charge in [-0.3, -0.25) is 4.79 Å². The quantitative estimate of drug-likeness (QED) is 0.778. The van der Waals surface area contributed by atoms with Crippen LogP contribution in [0.2, 0.25) is 0 Å². The van der Waals surface area contributed by atoms with E-state index in [0.717, 1.165) is 5.56 Å². The van der Waals surface area contributed by atoms with Gasteiger partial charge < -0.3 is 4.90 Å². The maximum atomic E-state index is 11.0. The van der Waals surface area contributed by atoms with E-state index in [9.17, 15) is 4.79 Å². The van der Waals surface area contributed by atoms with Crippen LogP contribution in [-0.2, 0) is 11.2 Å². The molecule has 0 aliphatic carbocycles. The van der Waals surface area contributed by atoms with Crippen LogP contribution in [0, 0.1) is 0 Å². The minimum atomic E-state index is 0.113. The van der Waals surface area contributed by atoms with E-state index in [1.54, 1.807) is 6.92 Å². The molecule has 0 aromatic heterocycles. The van der Waals surface area contributed by atoms with Gasteiger partial charge in [0.05, 0.1) is 0 Å². The molecule has 0 unspecified atom stereocenters. The van der Waals surface area contributed by atoms with Crippen LogP contribution < -0.4 is 4.90 Å². The Labute approximate surface area is 98.3 Å². The van der Waals surface area contributed by atoms with Crippen molar-refractivity contribution in [3.8, 4) is 0 Å². The van der Waals surface area contributed by atoms with Crippen LogP contribution in [0.1, 0.15) is 33.3 Å². The van der Waals surface area contributed by atoms with E-state index in [-0.39, 0.29) is 11.3 Å². The molecular formula is C14H21NO. The lowest BCUT2D eigenvalue weighted by Gasteiger charge is -2.34. The van der Waals surface area contributed by atoms with Crippen molar-refractivity contribution in [2.75, 3.05) is 11.9 Å². The number of hydrogen-bond donors (Lipinski definition) is 0. The van der Waals surface area contributed by atoms with Gasteiger partial charge in [-0.1, -0.05) is 12.1 Å². The number of Topliss-reactive ketones (excluding diaryl/α,β-unsaturated/α-hetero) is 1. The van der Waals surface area contributed by atoms with Crippen molar-refractivity contribution in [3.05, 3.63) is 29.8 Å². The van der Waals surface area contributed by atoms with Crippen molar-refractivity contribution in [2.45, 2.75) is 39.7 Å². The molecule has 0 radical (unpaired) electrons. The molecule has 0 aliphatic rings. The lowest BCUT2D eigenvalue weighted by molar-refractivity contribution is -0.116. The Hall–Kier alpha value is -1.31. The highest BCUT2D eigenvalue weighted by Crippen LogP contribution is 2.22. The van der Waals surface area contributed by atoms with Crippen molar-refractivity contribution in [1.82, 2.24) is 0 Å². The second-order valence-electron chi connectivity index (χ2n) is 5.28. The minimum Gasteiger partial charge on any atom is -0.370 e. The molecule has 1 aromatic rings. The molecule has 0 fully saturated rings. The van der Waals surface area contributed by atoms with Gasteiger partial charge in [0.15, 0.2) is 0 Å². The van der Waals surface area contributed by atoms with Gasteiger partial charge in [-0.2, -0.15) is 0 Å². The van der Waals surface area contributed by atoms with E-state index in [1.807, 2.05) is 12.1 Å². The maximum absolute atomic E-state index is 11.0. The summed E-state index contributed by atoms with van der Waals surface area (Å²) in [5, 5.41) is 0. The summed E-state index contributed by atoms with van der Waals surface area (Å²) in [6, 6.07) is 8.20. The number of hydrogen-bond acceptors (Lipinski definition) is 2. The van der Waals surface area contributed by atoms with Crippen LogP contribution in [0.15, 0.2) is 24.3 Å². The molecule has 0 spiro atoms. The Morgan fingerprint density at radius 1 is 1.19 bits per heavy atom. The van der Waals surface area contributed by atoms with E-state index in [0.29, 0.717) is 6.42 Å². The number of benzene rings is 1. The monoisotopic (exact) mass is 219 g/mol. The van der Waals surface area contributed by atoms with Gasteiger partial charge in [0.25, 0.3) is 0 Å². The highest BCUT2D eigenvalue weighted by atomic mass is 16.1. The first-order chi connectivity index (χ1) is 7.30. The summed E-state index contributed by atoms with van der Waals surface area (Å²) in [7, 11) is 2.08. The number of anilines is 1. The third kappa shape index (κ3) is 3.37. The van der Waals surface area contributed by atoms with Crippen LogP contribution in [-0.4, -0.2) is 18.4 Å². The largest absolute Gasteiger partial charge is 0.370 e. The summed E-state index contributed by atoms with van der Waals surface area (Å²) in [5.74, 6) is 0.205. The van der Waals surface area contributed by atoms with Crippen LogP contribution in [0.5, 0.6) is 0 Å². The highest BCUT2D eigenvalue weighted by Gasteiger charge is 2.16. The molecule has 88 valence electrons. The Kier molecular flexibility index (Phi) is 3.74. The van der Waals surface area contributed by atoms with Crippen molar-refractivity contribution in [3.63, 3.8) is 0 Å². The summed E-state index contributed by atoms with van der Waals surface area (Å²) < 4.78 is 0. The first-order valence-corrected chi connectivity index (χ1v) is 5.63. The molecule has 0 saturated heterocycles. The van der Waals surface area contributed by atoms with E-state index in [1.165, 1.54) is 5.69 Å². The van der Waals surface area contributed by atoms with Crippen molar-refractivity contribution in [1.29, 1.82) is 0 Å². The van der Waals surface area contributed by atoms with Crippen molar-refractivity contribution >= 4 is 11.5 Å². The highest BCUT2D eigenvalue weighted by molar-refractivity contribution is 5.78. The zero-order chi connectivity index (χ0) is 12.3. The standard InChI is InChI=1S/C14H21NO/c1-11(16)10-12-6-8-13(9-7-12)15(5)14(2,3)4/h6-9H,10H2,1-5H3. The number of carbonyl (C=O) groups is 1. The number of rotatable bonds is 3. The first-order valence-electron chi connectivity index (χ1n) is 5.63. The van der Waals surface area contributed by atoms with Crippen LogP contribution >= 0.6 is 0 Å². The topological polar surface area (TPSA) is 20.3 Å². The Morgan fingerprint density at radius 3 is 2.06 bits per heavy atom. The van der Waals surface area contributed by atoms with Gasteiger partial charge in [-0.15, -0.1) is 0 Å². The van der Waals surface area contributed by atoms with Crippen molar-refractivity contribution in [2.24, 2.45) is 0 Å². The summed E-state index contributed by atoms with van der Waals surface area (Å²) in [4.78, 5) is 13.2. The first kappa shape index (κ1) is 12.8. The molecule has 2 nitrogen and oxygen atoms in total. The Balaban J connectivity index is 2.83. The fourth-order valence-corrected chi connectivity index (χ4v) is 1.51. The normalized spacial score (nSPS) is 11.3. The Morgan fingerprint density at radius 2 is 1.69 bits per heavy atom. The number of nitrogens with zero attached hydrogens (tertiary/aromatic N) is 1. The summed E-state index contributed by atoms with van der Waals surface area (Å²) in [6.07, 6.45) is 0.527. The summed E-state index contributed by atoms with van der Waals surface area (Å²) in [6.45, 7) is 8.15. The molecule has 0 aliphatic heterocycles. The van der Waals surface area contributed by atoms with E-state index in [2.05, 4.69) is 44.9 Å². The average molecular weight is 219 g/mol. The number of carbonyl (C=O) groups excluding carboxylic acids is 1. The fourth-order valence-electron chi connectivity index (χ4n) is 1.51.